The van der Waals surface area contributed by atoms with Crippen LogP contribution in [-0.4, -0.2) is 17.6 Å². The molecule has 2 heteroatoms. The first-order chi connectivity index (χ1) is 6.20. The molecule has 0 saturated heterocycles. The number of hydrogen-bond acceptors (Lipinski definition) is 2. The summed E-state index contributed by atoms with van der Waals surface area (Å²) in [7, 11) is 0. The summed E-state index contributed by atoms with van der Waals surface area (Å²) in [6.45, 7) is 7.49. The van der Waals surface area contributed by atoms with Gasteiger partial charge in [0.05, 0.1) is 0 Å². The van der Waals surface area contributed by atoms with Crippen LogP contribution in [0, 0.1) is 6.92 Å². The molecular formula is C11H18N2. The zero-order chi connectivity index (χ0) is 9.68. The van der Waals surface area contributed by atoms with E-state index in [1.54, 1.807) is 0 Å². The Morgan fingerprint density at radius 3 is 2.85 bits per heavy atom. The van der Waals surface area contributed by atoms with Crippen LogP contribution in [-0.2, 0) is 6.42 Å². The van der Waals surface area contributed by atoms with E-state index in [1.807, 2.05) is 12.4 Å². The molecule has 2 nitrogen and oxygen atoms in total. The highest BCUT2D eigenvalue weighted by atomic mass is 14.9. The van der Waals surface area contributed by atoms with Gasteiger partial charge < -0.3 is 5.32 Å². The summed E-state index contributed by atoms with van der Waals surface area (Å²) in [6.07, 6.45) is 4.87. The lowest BCUT2D eigenvalue weighted by atomic mass is 10.1. The molecule has 0 amide bonds. The fraction of sp³-hybridized carbons (Fsp3) is 0.545. The number of aryl methyl sites for hydroxylation is 1. The first-order valence-electron chi connectivity index (χ1n) is 4.83. The van der Waals surface area contributed by atoms with Crippen molar-refractivity contribution in [2.75, 3.05) is 6.54 Å². The molecule has 1 heterocycles. The van der Waals surface area contributed by atoms with Gasteiger partial charge in [0.1, 0.15) is 0 Å². The van der Waals surface area contributed by atoms with E-state index < -0.39 is 0 Å². The van der Waals surface area contributed by atoms with Gasteiger partial charge in [0.25, 0.3) is 0 Å². The number of rotatable bonds is 4. The normalized spacial score (nSPS) is 10.8. The van der Waals surface area contributed by atoms with E-state index >= 15 is 0 Å². The molecule has 0 unspecified atom stereocenters. The maximum absolute atomic E-state index is 4.07. The Kier molecular flexibility index (Phi) is 3.90. The molecule has 1 rings (SSSR count). The molecule has 0 bridgehead atoms. The van der Waals surface area contributed by atoms with Gasteiger partial charge in [-0.15, -0.1) is 0 Å². The molecule has 1 N–H and O–H groups in total. The predicted octanol–water partition coefficient (Wildman–Crippen LogP) is 1.93. The zero-order valence-corrected chi connectivity index (χ0v) is 8.67. The second kappa shape index (κ2) is 4.97. The van der Waals surface area contributed by atoms with Crippen molar-refractivity contribution in [3.63, 3.8) is 0 Å². The van der Waals surface area contributed by atoms with Crippen LogP contribution in [0.5, 0.6) is 0 Å². The minimum absolute atomic E-state index is 0.571. The summed E-state index contributed by atoms with van der Waals surface area (Å²) in [5.74, 6) is 0. The van der Waals surface area contributed by atoms with Crippen LogP contribution in [0.15, 0.2) is 18.5 Å². The number of pyridine rings is 1. The van der Waals surface area contributed by atoms with E-state index in [4.69, 9.17) is 0 Å². The summed E-state index contributed by atoms with van der Waals surface area (Å²) in [5, 5.41) is 3.40. The standard InChI is InChI=1S/C11H18N2/c1-9(2)13-7-5-11-4-6-12-8-10(11)3/h4,6,8-9,13H,5,7H2,1-3H3. The molecule has 0 spiro atoms. The van der Waals surface area contributed by atoms with Crippen molar-refractivity contribution in [1.29, 1.82) is 0 Å². The minimum atomic E-state index is 0.571. The van der Waals surface area contributed by atoms with E-state index in [9.17, 15) is 0 Å². The molecular weight excluding hydrogens is 160 g/mol. The summed E-state index contributed by atoms with van der Waals surface area (Å²) in [4.78, 5) is 4.07. The lowest BCUT2D eigenvalue weighted by Crippen LogP contribution is -2.25. The first-order valence-corrected chi connectivity index (χ1v) is 4.83. The molecule has 0 saturated carbocycles. The summed E-state index contributed by atoms with van der Waals surface area (Å²) in [6, 6.07) is 2.67. The van der Waals surface area contributed by atoms with Gasteiger partial charge >= 0.3 is 0 Å². The van der Waals surface area contributed by atoms with E-state index in [1.165, 1.54) is 11.1 Å². The predicted molar refractivity (Wildman–Crippen MR) is 55.8 cm³/mol. The molecule has 72 valence electrons. The summed E-state index contributed by atoms with van der Waals surface area (Å²) < 4.78 is 0. The third-order valence-corrected chi connectivity index (χ3v) is 2.08. The fourth-order valence-electron chi connectivity index (χ4n) is 1.28. The average Bonchev–Trinajstić information content (AvgIpc) is 2.08. The van der Waals surface area contributed by atoms with Gasteiger partial charge in [-0.05, 0) is 37.1 Å². The van der Waals surface area contributed by atoms with Gasteiger partial charge in [-0.3, -0.25) is 4.98 Å². The summed E-state index contributed by atoms with van der Waals surface area (Å²) in [5.41, 5.74) is 2.68. The topological polar surface area (TPSA) is 24.9 Å². The van der Waals surface area contributed by atoms with Gasteiger partial charge in [0.15, 0.2) is 0 Å². The van der Waals surface area contributed by atoms with Gasteiger partial charge in [-0.25, -0.2) is 0 Å². The van der Waals surface area contributed by atoms with Crippen LogP contribution in [0.2, 0.25) is 0 Å². The van der Waals surface area contributed by atoms with Gasteiger partial charge in [0, 0.05) is 18.4 Å². The maximum Gasteiger partial charge on any atom is 0.0299 e. The number of nitrogens with zero attached hydrogens (tertiary/aromatic N) is 1. The van der Waals surface area contributed by atoms with Crippen LogP contribution < -0.4 is 5.32 Å². The molecule has 0 aliphatic carbocycles. The molecule has 0 aliphatic heterocycles. The molecule has 0 radical (unpaired) electrons. The molecule has 0 atom stereocenters. The highest BCUT2D eigenvalue weighted by Gasteiger charge is 1.97. The van der Waals surface area contributed by atoms with Crippen molar-refractivity contribution in [1.82, 2.24) is 10.3 Å². The van der Waals surface area contributed by atoms with Gasteiger partial charge in [0.2, 0.25) is 0 Å². The highest BCUT2D eigenvalue weighted by molar-refractivity contribution is 5.21. The third-order valence-electron chi connectivity index (χ3n) is 2.08. The van der Waals surface area contributed by atoms with Crippen LogP contribution in [0.4, 0.5) is 0 Å². The minimum Gasteiger partial charge on any atom is -0.314 e. The fourth-order valence-corrected chi connectivity index (χ4v) is 1.28. The van der Waals surface area contributed by atoms with Crippen LogP contribution in [0.3, 0.4) is 0 Å². The Morgan fingerprint density at radius 2 is 2.23 bits per heavy atom. The second-order valence-electron chi connectivity index (χ2n) is 3.66. The zero-order valence-electron chi connectivity index (χ0n) is 8.67. The second-order valence-corrected chi connectivity index (χ2v) is 3.66. The van der Waals surface area contributed by atoms with Crippen molar-refractivity contribution in [2.24, 2.45) is 0 Å². The largest absolute Gasteiger partial charge is 0.314 e. The Balaban J connectivity index is 2.41. The first kappa shape index (κ1) is 10.2. The number of hydrogen-bond donors (Lipinski definition) is 1. The Labute approximate surface area is 80.4 Å². The van der Waals surface area contributed by atoms with Crippen LogP contribution in [0.25, 0.3) is 0 Å². The molecule has 1 aromatic rings. The summed E-state index contributed by atoms with van der Waals surface area (Å²) >= 11 is 0. The highest BCUT2D eigenvalue weighted by Crippen LogP contribution is 2.04. The maximum atomic E-state index is 4.07. The van der Waals surface area contributed by atoms with Crippen molar-refractivity contribution in [3.8, 4) is 0 Å². The van der Waals surface area contributed by atoms with E-state index in [0.29, 0.717) is 6.04 Å². The van der Waals surface area contributed by atoms with Gasteiger partial charge in [-0.1, -0.05) is 13.8 Å². The van der Waals surface area contributed by atoms with Crippen LogP contribution >= 0.6 is 0 Å². The SMILES string of the molecule is Cc1cnccc1CCNC(C)C. The smallest absolute Gasteiger partial charge is 0.0299 e. The molecule has 0 aliphatic rings. The Bertz CT molecular complexity index is 256. The Hall–Kier alpha value is -0.890. The lowest BCUT2D eigenvalue weighted by molar-refractivity contribution is 0.589. The number of nitrogens with one attached hydrogen (secondary N) is 1. The monoisotopic (exact) mass is 178 g/mol. The average molecular weight is 178 g/mol. The van der Waals surface area contributed by atoms with E-state index in [0.717, 1.165) is 13.0 Å². The van der Waals surface area contributed by atoms with Crippen molar-refractivity contribution < 1.29 is 0 Å². The van der Waals surface area contributed by atoms with Crippen molar-refractivity contribution in [2.45, 2.75) is 33.2 Å². The lowest BCUT2D eigenvalue weighted by Gasteiger charge is -2.08. The van der Waals surface area contributed by atoms with Crippen LogP contribution in [0.1, 0.15) is 25.0 Å². The van der Waals surface area contributed by atoms with Gasteiger partial charge in [-0.2, -0.15) is 0 Å². The quantitative estimate of drug-likeness (QED) is 0.762. The molecule has 0 aromatic carbocycles. The van der Waals surface area contributed by atoms with Crippen molar-refractivity contribution in [3.05, 3.63) is 29.6 Å². The molecule has 0 fully saturated rings. The van der Waals surface area contributed by atoms with Crippen molar-refractivity contribution >= 4 is 0 Å². The van der Waals surface area contributed by atoms with E-state index in [2.05, 4.69) is 37.1 Å². The molecule has 1 aromatic heterocycles. The third kappa shape index (κ3) is 3.55. The number of aromatic nitrogens is 1. The molecule has 13 heavy (non-hydrogen) atoms. The Morgan fingerprint density at radius 1 is 1.46 bits per heavy atom. The van der Waals surface area contributed by atoms with E-state index in [-0.39, 0.29) is 0 Å².